The first-order valence-electron chi connectivity index (χ1n) is 11.9. The van der Waals surface area contributed by atoms with E-state index in [9.17, 15) is 18.8 Å². The quantitative estimate of drug-likeness (QED) is 0.470. The van der Waals surface area contributed by atoms with Crippen molar-refractivity contribution in [1.82, 2.24) is 10.6 Å². The van der Waals surface area contributed by atoms with Gasteiger partial charge in [0.2, 0.25) is 0 Å². The van der Waals surface area contributed by atoms with Crippen LogP contribution in [0, 0.1) is 11.7 Å². The molecule has 2 bridgehead atoms. The standard InChI is InChI=1S/C27H26ClFN2O5/c1-16-14-26(30-23(32)15-35-19-4-5-20(28)21(29)13-19)8-10-27(16,11-9-26)31-25(34)18-2-6-22-17(12-18)3-7-24(33)36-22/h2-7,12-13,16H,8-11,14-15H2,1H3,(H,30,32)(H,31,34)/t16-,26?,27?/m0/s1. The van der Waals surface area contributed by atoms with Crippen LogP contribution in [-0.4, -0.2) is 29.5 Å². The number of hydrogen-bond acceptors (Lipinski definition) is 5. The van der Waals surface area contributed by atoms with Crippen LogP contribution in [0.2, 0.25) is 5.02 Å². The van der Waals surface area contributed by atoms with E-state index < -0.39 is 11.4 Å². The number of fused-ring (bicyclic) bond motifs is 4. The van der Waals surface area contributed by atoms with E-state index >= 15 is 0 Å². The fraction of sp³-hybridized carbons (Fsp3) is 0.370. The van der Waals surface area contributed by atoms with Gasteiger partial charge < -0.3 is 19.8 Å². The van der Waals surface area contributed by atoms with Gasteiger partial charge in [0, 0.05) is 34.2 Å². The van der Waals surface area contributed by atoms with Gasteiger partial charge in [0.1, 0.15) is 17.1 Å². The molecule has 3 aromatic rings. The van der Waals surface area contributed by atoms with E-state index in [2.05, 4.69) is 17.6 Å². The van der Waals surface area contributed by atoms with Gasteiger partial charge in [0.15, 0.2) is 6.61 Å². The van der Waals surface area contributed by atoms with Gasteiger partial charge in [-0.25, -0.2) is 9.18 Å². The zero-order valence-electron chi connectivity index (χ0n) is 19.7. The number of carbonyl (C=O) groups is 2. The lowest BCUT2D eigenvalue weighted by Gasteiger charge is -2.57. The summed E-state index contributed by atoms with van der Waals surface area (Å²) < 4.78 is 24.2. The van der Waals surface area contributed by atoms with Crippen LogP contribution in [0.5, 0.6) is 5.75 Å². The molecule has 0 spiro atoms. The lowest BCUT2D eigenvalue weighted by atomic mass is 9.56. The lowest BCUT2D eigenvalue weighted by Crippen LogP contribution is -2.67. The average Bonchev–Trinajstić information content (AvgIpc) is 2.85. The first-order chi connectivity index (χ1) is 17.2. The molecular formula is C27H26ClFN2O5. The molecule has 0 unspecified atom stereocenters. The van der Waals surface area contributed by atoms with Crippen LogP contribution in [0.25, 0.3) is 11.0 Å². The van der Waals surface area contributed by atoms with Crippen molar-refractivity contribution < 1.29 is 23.1 Å². The molecule has 3 aliphatic carbocycles. The Bertz CT molecular complexity index is 1400. The summed E-state index contributed by atoms with van der Waals surface area (Å²) in [6.45, 7) is 1.88. The Morgan fingerprint density at radius 2 is 1.86 bits per heavy atom. The number of carbonyl (C=O) groups excluding carboxylic acids is 2. The molecule has 9 heteroatoms. The van der Waals surface area contributed by atoms with Crippen molar-refractivity contribution in [3.8, 4) is 5.75 Å². The number of ether oxygens (including phenoxy) is 1. The number of benzene rings is 2. The molecule has 188 valence electrons. The number of amides is 2. The highest BCUT2D eigenvalue weighted by molar-refractivity contribution is 6.30. The lowest BCUT2D eigenvalue weighted by molar-refractivity contribution is -0.127. The Kier molecular flexibility index (Phi) is 6.24. The molecule has 3 saturated carbocycles. The Morgan fingerprint density at radius 3 is 2.58 bits per heavy atom. The van der Waals surface area contributed by atoms with E-state index in [-0.39, 0.29) is 46.2 Å². The van der Waals surface area contributed by atoms with Crippen LogP contribution < -0.4 is 21.0 Å². The minimum absolute atomic E-state index is 0.00590. The third-order valence-corrected chi connectivity index (χ3v) is 7.96. The average molecular weight is 513 g/mol. The van der Waals surface area contributed by atoms with Crippen molar-refractivity contribution in [2.75, 3.05) is 6.61 Å². The normalized spacial score (nSPS) is 24.9. The van der Waals surface area contributed by atoms with Crippen LogP contribution in [0.1, 0.15) is 49.4 Å². The van der Waals surface area contributed by atoms with Crippen molar-refractivity contribution in [1.29, 1.82) is 0 Å². The second-order valence-electron chi connectivity index (χ2n) is 9.92. The third-order valence-electron chi connectivity index (χ3n) is 7.65. The fourth-order valence-corrected chi connectivity index (χ4v) is 5.75. The molecule has 3 fully saturated rings. The molecule has 3 aliphatic rings. The van der Waals surface area contributed by atoms with E-state index in [1.165, 1.54) is 18.2 Å². The fourth-order valence-electron chi connectivity index (χ4n) is 5.64. The van der Waals surface area contributed by atoms with E-state index in [1.807, 2.05) is 0 Å². The maximum absolute atomic E-state index is 13.6. The summed E-state index contributed by atoms with van der Waals surface area (Å²) in [7, 11) is 0. The highest BCUT2D eigenvalue weighted by Gasteiger charge is 2.54. The number of nitrogens with one attached hydrogen (secondary N) is 2. The van der Waals surface area contributed by atoms with Crippen LogP contribution >= 0.6 is 11.6 Å². The van der Waals surface area contributed by atoms with E-state index in [1.54, 1.807) is 24.3 Å². The second-order valence-corrected chi connectivity index (χ2v) is 10.3. The molecule has 0 saturated heterocycles. The Balaban J connectivity index is 1.21. The largest absolute Gasteiger partial charge is 0.484 e. The summed E-state index contributed by atoms with van der Waals surface area (Å²) in [6.07, 6.45) is 3.69. The molecule has 0 radical (unpaired) electrons. The second kappa shape index (κ2) is 9.24. The van der Waals surface area contributed by atoms with Crippen molar-refractivity contribution in [3.63, 3.8) is 0 Å². The van der Waals surface area contributed by atoms with Crippen LogP contribution in [-0.2, 0) is 4.79 Å². The first kappa shape index (κ1) is 24.3. The minimum atomic E-state index is -0.602. The van der Waals surface area contributed by atoms with Crippen LogP contribution in [0.4, 0.5) is 4.39 Å². The SMILES string of the molecule is C[C@H]1CC2(NC(=O)COc3ccc(Cl)c(F)c3)CCC1(NC(=O)c1ccc3oc(=O)ccc3c1)CC2. The summed E-state index contributed by atoms with van der Waals surface area (Å²) >= 11 is 5.68. The van der Waals surface area contributed by atoms with E-state index in [0.29, 0.717) is 16.5 Å². The Labute approximate surface area is 212 Å². The number of hydrogen-bond donors (Lipinski definition) is 2. The molecule has 6 rings (SSSR count). The predicted octanol–water partition coefficient (Wildman–Crippen LogP) is 4.60. The Hall–Kier alpha value is -3.39. The van der Waals surface area contributed by atoms with E-state index in [4.69, 9.17) is 20.8 Å². The van der Waals surface area contributed by atoms with Gasteiger partial charge in [-0.1, -0.05) is 18.5 Å². The van der Waals surface area contributed by atoms with Crippen LogP contribution in [0.15, 0.2) is 57.7 Å². The molecule has 36 heavy (non-hydrogen) atoms. The highest BCUT2D eigenvalue weighted by atomic mass is 35.5. The molecule has 2 amide bonds. The molecule has 1 heterocycles. The van der Waals surface area contributed by atoms with Gasteiger partial charge in [-0.2, -0.15) is 0 Å². The summed E-state index contributed by atoms with van der Waals surface area (Å²) in [5.74, 6) is -0.650. The summed E-state index contributed by atoms with van der Waals surface area (Å²) in [6, 6.07) is 12.0. The summed E-state index contributed by atoms with van der Waals surface area (Å²) in [5, 5.41) is 7.09. The summed E-state index contributed by atoms with van der Waals surface area (Å²) in [4.78, 5) is 37.2. The molecule has 2 N–H and O–H groups in total. The Morgan fingerprint density at radius 1 is 1.08 bits per heavy atom. The van der Waals surface area contributed by atoms with Crippen LogP contribution in [0.3, 0.4) is 0 Å². The smallest absolute Gasteiger partial charge is 0.336 e. The van der Waals surface area contributed by atoms with Gasteiger partial charge >= 0.3 is 5.63 Å². The van der Waals surface area contributed by atoms with Crippen molar-refractivity contribution in [3.05, 3.63) is 75.4 Å². The maximum atomic E-state index is 13.6. The van der Waals surface area contributed by atoms with Gasteiger partial charge in [-0.05, 0) is 74.4 Å². The van der Waals surface area contributed by atoms with Gasteiger partial charge in [0.25, 0.3) is 11.8 Å². The van der Waals surface area contributed by atoms with Crippen molar-refractivity contribution in [2.45, 2.75) is 50.1 Å². The topological polar surface area (TPSA) is 97.6 Å². The minimum Gasteiger partial charge on any atom is -0.484 e. The molecule has 0 aliphatic heterocycles. The van der Waals surface area contributed by atoms with Gasteiger partial charge in [-0.15, -0.1) is 0 Å². The molecule has 1 atom stereocenters. The molecule has 2 aromatic carbocycles. The monoisotopic (exact) mass is 512 g/mol. The maximum Gasteiger partial charge on any atom is 0.336 e. The van der Waals surface area contributed by atoms with Crippen molar-refractivity contribution in [2.24, 2.45) is 5.92 Å². The number of rotatable bonds is 6. The number of halogens is 2. The van der Waals surface area contributed by atoms with Gasteiger partial charge in [-0.3, -0.25) is 9.59 Å². The van der Waals surface area contributed by atoms with E-state index in [0.717, 1.165) is 38.2 Å². The molecular weight excluding hydrogens is 487 g/mol. The molecule has 1 aromatic heterocycles. The predicted molar refractivity (Wildman–Crippen MR) is 133 cm³/mol. The van der Waals surface area contributed by atoms with Crippen molar-refractivity contribution >= 4 is 34.4 Å². The van der Waals surface area contributed by atoms with Gasteiger partial charge in [0.05, 0.1) is 5.02 Å². The third kappa shape index (κ3) is 4.69. The first-order valence-corrected chi connectivity index (χ1v) is 12.3. The zero-order valence-corrected chi connectivity index (χ0v) is 20.5. The summed E-state index contributed by atoms with van der Waals surface area (Å²) in [5.41, 5.74) is -0.189. The molecule has 7 nitrogen and oxygen atoms in total. The zero-order chi connectivity index (χ0) is 25.5. The highest BCUT2D eigenvalue weighted by Crippen LogP contribution is 2.50.